The van der Waals surface area contributed by atoms with Crippen molar-refractivity contribution in [1.82, 2.24) is 5.32 Å². The number of nitrogens with zero attached hydrogens (tertiary/aromatic N) is 1. The average Bonchev–Trinajstić information content (AvgIpc) is 2.43. The number of benzene rings is 1. The van der Waals surface area contributed by atoms with Gasteiger partial charge in [0.05, 0.1) is 23.7 Å². The molecular formula is C16H23N3O2. The van der Waals surface area contributed by atoms with Gasteiger partial charge in [0.25, 0.3) is 0 Å². The van der Waals surface area contributed by atoms with Gasteiger partial charge < -0.3 is 15.8 Å². The monoisotopic (exact) mass is 289 g/mol. The Morgan fingerprint density at radius 3 is 2.43 bits per heavy atom. The van der Waals surface area contributed by atoms with E-state index in [2.05, 4.69) is 5.32 Å². The van der Waals surface area contributed by atoms with Crippen molar-refractivity contribution in [3.05, 3.63) is 29.8 Å². The molecule has 1 amide bonds. The molecule has 0 aliphatic carbocycles. The number of amides is 1. The third-order valence-corrected chi connectivity index (χ3v) is 3.09. The van der Waals surface area contributed by atoms with Crippen molar-refractivity contribution in [3.8, 4) is 11.8 Å². The van der Waals surface area contributed by atoms with Crippen LogP contribution in [-0.4, -0.2) is 24.6 Å². The fraction of sp³-hybridized carbons (Fsp3) is 0.500. The van der Waals surface area contributed by atoms with Crippen molar-refractivity contribution in [2.75, 3.05) is 6.61 Å². The number of rotatable bonds is 5. The lowest BCUT2D eigenvalue weighted by Gasteiger charge is -2.27. The number of carbonyl (C=O) groups excluding carboxylic acids is 1. The summed E-state index contributed by atoms with van der Waals surface area (Å²) in [6, 6.07) is 8.17. The Morgan fingerprint density at radius 2 is 1.95 bits per heavy atom. The highest BCUT2D eigenvalue weighted by molar-refractivity contribution is 5.82. The summed E-state index contributed by atoms with van der Waals surface area (Å²) in [7, 11) is 0. The minimum Gasteiger partial charge on any atom is -0.491 e. The van der Waals surface area contributed by atoms with E-state index in [4.69, 9.17) is 15.7 Å². The van der Waals surface area contributed by atoms with Crippen molar-refractivity contribution in [2.45, 2.75) is 39.8 Å². The topological polar surface area (TPSA) is 88.1 Å². The Morgan fingerprint density at radius 1 is 1.38 bits per heavy atom. The van der Waals surface area contributed by atoms with Crippen molar-refractivity contribution in [3.63, 3.8) is 0 Å². The van der Waals surface area contributed by atoms with E-state index < -0.39 is 6.04 Å². The largest absolute Gasteiger partial charge is 0.491 e. The van der Waals surface area contributed by atoms with Crippen LogP contribution in [-0.2, 0) is 4.79 Å². The van der Waals surface area contributed by atoms with Gasteiger partial charge in [0.2, 0.25) is 5.91 Å². The molecule has 0 saturated heterocycles. The minimum atomic E-state index is -0.560. The van der Waals surface area contributed by atoms with Crippen molar-refractivity contribution in [2.24, 2.45) is 11.1 Å². The van der Waals surface area contributed by atoms with Crippen LogP contribution in [0.5, 0.6) is 5.75 Å². The number of carbonyl (C=O) groups is 1. The molecule has 0 radical (unpaired) electrons. The Balaban J connectivity index is 2.45. The molecule has 1 aromatic rings. The highest BCUT2D eigenvalue weighted by Crippen LogP contribution is 2.17. The van der Waals surface area contributed by atoms with Crippen LogP contribution in [0.3, 0.4) is 0 Å². The highest BCUT2D eigenvalue weighted by atomic mass is 16.5. The molecule has 5 nitrogen and oxygen atoms in total. The van der Waals surface area contributed by atoms with Gasteiger partial charge in [-0.05, 0) is 36.6 Å². The standard InChI is InChI=1S/C16H23N3O2/c1-11(19-15(20)14(18)16(2,3)4)10-21-13-7-5-12(9-17)6-8-13/h5-8,11,14H,10,18H2,1-4H3,(H,19,20). The van der Waals surface area contributed by atoms with E-state index in [1.54, 1.807) is 24.3 Å². The highest BCUT2D eigenvalue weighted by Gasteiger charge is 2.28. The first kappa shape index (κ1) is 17.0. The Labute approximate surface area is 126 Å². The SMILES string of the molecule is CC(COc1ccc(C#N)cc1)NC(=O)C(N)C(C)(C)C. The summed E-state index contributed by atoms with van der Waals surface area (Å²) in [6.07, 6.45) is 0. The molecule has 3 N–H and O–H groups in total. The molecule has 2 atom stereocenters. The number of hydrogen-bond acceptors (Lipinski definition) is 4. The van der Waals surface area contributed by atoms with Gasteiger partial charge in [0.15, 0.2) is 0 Å². The lowest BCUT2D eigenvalue weighted by atomic mass is 9.87. The molecule has 0 fully saturated rings. The maximum Gasteiger partial charge on any atom is 0.237 e. The molecular weight excluding hydrogens is 266 g/mol. The molecule has 0 bridgehead atoms. The number of nitrogens with one attached hydrogen (secondary N) is 1. The van der Waals surface area contributed by atoms with Gasteiger partial charge in [0, 0.05) is 0 Å². The Hall–Kier alpha value is -2.06. The predicted molar refractivity (Wildman–Crippen MR) is 81.7 cm³/mol. The van der Waals surface area contributed by atoms with Crippen LogP contribution < -0.4 is 15.8 Å². The van der Waals surface area contributed by atoms with Gasteiger partial charge in [-0.2, -0.15) is 5.26 Å². The van der Waals surface area contributed by atoms with Crippen LogP contribution in [0.1, 0.15) is 33.3 Å². The summed E-state index contributed by atoms with van der Waals surface area (Å²) in [4.78, 5) is 12.0. The summed E-state index contributed by atoms with van der Waals surface area (Å²) in [5, 5.41) is 11.6. The summed E-state index contributed by atoms with van der Waals surface area (Å²) in [5.74, 6) is 0.480. The smallest absolute Gasteiger partial charge is 0.237 e. The maximum absolute atomic E-state index is 12.0. The lowest BCUT2D eigenvalue weighted by Crippen LogP contribution is -2.51. The molecule has 1 rings (SSSR count). The molecule has 0 saturated carbocycles. The van der Waals surface area contributed by atoms with E-state index in [1.807, 2.05) is 33.8 Å². The van der Waals surface area contributed by atoms with Crippen LogP contribution in [0.25, 0.3) is 0 Å². The van der Waals surface area contributed by atoms with Gasteiger partial charge in [0.1, 0.15) is 12.4 Å². The van der Waals surface area contributed by atoms with Gasteiger partial charge in [-0.3, -0.25) is 4.79 Å². The van der Waals surface area contributed by atoms with Crippen LogP contribution in [0.4, 0.5) is 0 Å². The first-order chi connectivity index (χ1) is 9.74. The number of ether oxygens (including phenoxy) is 1. The zero-order chi connectivity index (χ0) is 16.0. The molecule has 0 heterocycles. The normalized spacial score (nSPS) is 13.9. The summed E-state index contributed by atoms with van der Waals surface area (Å²) >= 11 is 0. The molecule has 1 aromatic carbocycles. The molecule has 21 heavy (non-hydrogen) atoms. The minimum absolute atomic E-state index is 0.151. The first-order valence-corrected chi connectivity index (χ1v) is 6.93. The summed E-state index contributed by atoms with van der Waals surface area (Å²) in [5.41, 5.74) is 6.20. The van der Waals surface area contributed by atoms with E-state index in [0.29, 0.717) is 17.9 Å². The van der Waals surface area contributed by atoms with Gasteiger partial charge in [-0.1, -0.05) is 20.8 Å². The fourth-order valence-corrected chi connectivity index (χ4v) is 1.61. The summed E-state index contributed by atoms with van der Waals surface area (Å²) in [6.45, 7) is 7.98. The second-order valence-corrected chi connectivity index (χ2v) is 6.20. The zero-order valence-corrected chi connectivity index (χ0v) is 13.0. The third kappa shape index (κ3) is 5.44. The zero-order valence-electron chi connectivity index (χ0n) is 13.0. The molecule has 0 aromatic heterocycles. The van der Waals surface area contributed by atoms with E-state index in [0.717, 1.165) is 0 Å². The van der Waals surface area contributed by atoms with E-state index in [-0.39, 0.29) is 17.4 Å². The van der Waals surface area contributed by atoms with Crippen molar-refractivity contribution < 1.29 is 9.53 Å². The second kappa shape index (κ2) is 7.09. The quantitative estimate of drug-likeness (QED) is 0.865. The molecule has 2 unspecified atom stereocenters. The molecule has 114 valence electrons. The van der Waals surface area contributed by atoms with Crippen molar-refractivity contribution >= 4 is 5.91 Å². The van der Waals surface area contributed by atoms with Gasteiger partial charge in [-0.15, -0.1) is 0 Å². The molecule has 5 heteroatoms. The first-order valence-electron chi connectivity index (χ1n) is 6.93. The van der Waals surface area contributed by atoms with Gasteiger partial charge >= 0.3 is 0 Å². The Bertz CT molecular complexity index is 512. The van der Waals surface area contributed by atoms with Crippen LogP contribution in [0.2, 0.25) is 0 Å². The maximum atomic E-state index is 12.0. The van der Waals surface area contributed by atoms with Crippen molar-refractivity contribution in [1.29, 1.82) is 5.26 Å². The number of hydrogen-bond donors (Lipinski definition) is 2. The number of nitriles is 1. The van der Waals surface area contributed by atoms with E-state index >= 15 is 0 Å². The molecule has 0 aliphatic heterocycles. The Kier molecular flexibility index (Phi) is 5.74. The van der Waals surface area contributed by atoms with Crippen LogP contribution in [0, 0.1) is 16.7 Å². The number of nitrogens with two attached hydrogens (primary N) is 1. The van der Waals surface area contributed by atoms with Gasteiger partial charge in [-0.25, -0.2) is 0 Å². The van der Waals surface area contributed by atoms with E-state index in [9.17, 15) is 4.79 Å². The van der Waals surface area contributed by atoms with E-state index in [1.165, 1.54) is 0 Å². The lowest BCUT2D eigenvalue weighted by molar-refractivity contribution is -0.125. The van der Waals surface area contributed by atoms with Crippen LogP contribution >= 0.6 is 0 Å². The third-order valence-electron chi connectivity index (χ3n) is 3.09. The second-order valence-electron chi connectivity index (χ2n) is 6.20. The summed E-state index contributed by atoms with van der Waals surface area (Å²) < 4.78 is 5.57. The average molecular weight is 289 g/mol. The molecule has 0 spiro atoms. The van der Waals surface area contributed by atoms with Crippen LogP contribution in [0.15, 0.2) is 24.3 Å². The fourth-order valence-electron chi connectivity index (χ4n) is 1.61. The molecule has 0 aliphatic rings. The predicted octanol–water partition coefficient (Wildman–Crippen LogP) is 1.82.